The molecule has 0 saturated carbocycles. The van der Waals surface area contributed by atoms with Gasteiger partial charge in [-0.15, -0.1) is 0 Å². The summed E-state index contributed by atoms with van der Waals surface area (Å²) in [6, 6.07) is 0. The first-order valence-electron chi connectivity index (χ1n) is 3.02. The first-order valence-corrected chi connectivity index (χ1v) is 4.10. The van der Waals surface area contributed by atoms with Gasteiger partial charge in [0.1, 0.15) is 0 Å². The molecule has 0 aromatic heterocycles. The molecule has 0 aliphatic heterocycles. The third kappa shape index (κ3) is 1.18. The fourth-order valence-corrected chi connectivity index (χ4v) is 1.71. The molecule has 50 valence electrons. The molecule has 0 aromatic carbocycles. The normalized spacial score (nSPS) is 27.9. The molecule has 0 heterocycles. The third-order valence-corrected chi connectivity index (χ3v) is 3.27. The molecule has 0 fully saturated rings. The fraction of sp³-hybridized carbons (Fsp3) is 0.571. The summed E-state index contributed by atoms with van der Waals surface area (Å²) < 4.78 is 0.958. The zero-order chi connectivity index (χ0) is 7.02. The fourth-order valence-electron chi connectivity index (χ4n) is 0.957. The van der Waals surface area contributed by atoms with E-state index in [2.05, 4.69) is 29.5 Å². The first-order chi connectivity index (χ1) is 4.13. The molecule has 1 aliphatic rings. The van der Waals surface area contributed by atoms with Gasteiger partial charge in [0, 0.05) is 6.42 Å². The van der Waals surface area contributed by atoms with Crippen molar-refractivity contribution in [2.24, 2.45) is 5.92 Å². The Morgan fingerprint density at radius 3 is 2.33 bits per heavy atom. The van der Waals surface area contributed by atoms with Crippen molar-refractivity contribution in [1.29, 1.82) is 0 Å². The van der Waals surface area contributed by atoms with Crippen molar-refractivity contribution in [3.8, 4) is 0 Å². The summed E-state index contributed by atoms with van der Waals surface area (Å²) in [4.78, 5) is 10.9. The molecular weight excluding hydrogens is 227 g/mol. The topological polar surface area (TPSA) is 17.1 Å². The van der Waals surface area contributed by atoms with Crippen molar-refractivity contribution in [1.82, 2.24) is 0 Å². The molecule has 0 saturated heterocycles. The van der Waals surface area contributed by atoms with Gasteiger partial charge in [-0.3, -0.25) is 4.79 Å². The standard InChI is InChI=1S/C7H9IO/c1-4-3-6(9)7(8)5(4)2/h4H,3H2,1-2H3/t4-/m1/s1. The number of hydrogen-bond acceptors (Lipinski definition) is 1. The van der Waals surface area contributed by atoms with Crippen LogP contribution in [0.25, 0.3) is 0 Å². The van der Waals surface area contributed by atoms with Crippen LogP contribution in [0.1, 0.15) is 20.3 Å². The Balaban J connectivity index is 2.92. The summed E-state index contributed by atoms with van der Waals surface area (Å²) in [5, 5.41) is 0. The molecule has 1 atom stereocenters. The molecular formula is C7H9IO. The predicted octanol–water partition coefficient (Wildman–Crippen LogP) is 2.30. The number of ketones is 1. The average molecular weight is 236 g/mol. The number of carbonyl (C=O) groups excluding carboxylic acids is 1. The number of rotatable bonds is 0. The molecule has 0 bridgehead atoms. The van der Waals surface area contributed by atoms with E-state index in [0.29, 0.717) is 11.7 Å². The van der Waals surface area contributed by atoms with Crippen LogP contribution in [0.5, 0.6) is 0 Å². The van der Waals surface area contributed by atoms with E-state index >= 15 is 0 Å². The van der Waals surface area contributed by atoms with Gasteiger partial charge in [-0.05, 0) is 35.4 Å². The van der Waals surface area contributed by atoms with E-state index in [-0.39, 0.29) is 0 Å². The summed E-state index contributed by atoms with van der Waals surface area (Å²) in [7, 11) is 0. The molecule has 1 nitrogen and oxygen atoms in total. The van der Waals surface area contributed by atoms with Crippen molar-refractivity contribution < 1.29 is 4.79 Å². The zero-order valence-corrected chi connectivity index (χ0v) is 7.73. The van der Waals surface area contributed by atoms with E-state index in [1.807, 2.05) is 6.92 Å². The first kappa shape index (κ1) is 7.25. The van der Waals surface area contributed by atoms with Gasteiger partial charge in [0.15, 0.2) is 5.78 Å². The van der Waals surface area contributed by atoms with Gasteiger partial charge < -0.3 is 0 Å². The smallest absolute Gasteiger partial charge is 0.169 e. The summed E-state index contributed by atoms with van der Waals surface area (Å²) in [5.74, 6) is 0.810. The van der Waals surface area contributed by atoms with E-state index in [0.717, 1.165) is 10.0 Å². The maximum atomic E-state index is 10.9. The van der Waals surface area contributed by atoms with Crippen LogP contribution in [-0.2, 0) is 4.79 Å². The predicted molar refractivity (Wildman–Crippen MR) is 45.5 cm³/mol. The van der Waals surface area contributed by atoms with Crippen molar-refractivity contribution >= 4 is 28.4 Å². The SMILES string of the molecule is CC1=C(I)C(=O)C[C@H]1C. The van der Waals surface area contributed by atoms with Crippen molar-refractivity contribution in [2.75, 3.05) is 0 Å². The summed E-state index contributed by atoms with van der Waals surface area (Å²) >= 11 is 2.13. The summed E-state index contributed by atoms with van der Waals surface area (Å²) in [6.07, 6.45) is 0.726. The van der Waals surface area contributed by atoms with Crippen LogP contribution in [0.2, 0.25) is 0 Å². The van der Waals surface area contributed by atoms with Gasteiger partial charge in [-0.25, -0.2) is 0 Å². The van der Waals surface area contributed by atoms with Crippen LogP contribution >= 0.6 is 22.6 Å². The molecule has 9 heavy (non-hydrogen) atoms. The van der Waals surface area contributed by atoms with Gasteiger partial charge >= 0.3 is 0 Å². The third-order valence-electron chi connectivity index (χ3n) is 1.82. The Hall–Kier alpha value is 0.140. The van der Waals surface area contributed by atoms with E-state index in [4.69, 9.17) is 0 Å². The Kier molecular flexibility index (Phi) is 1.94. The van der Waals surface area contributed by atoms with E-state index in [1.54, 1.807) is 0 Å². The lowest BCUT2D eigenvalue weighted by Gasteiger charge is -1.98. The lowest BCUT2D eigenvalue weighted by atomic mass is 10.1. The van der Waals surface area contributed by atoms with Crippen molar-refractivity contribution in [2.45, 2.75) is 20.3 Å². The molecule has 0 radical (unpaired) electrons. The molecule has 0 aromatic rings. The Labute approximate surface area is 68.7 Å². The second kappa shape index (κ2) is 2.40. The highest BCUT2D eigenvalue weighted by Crippen LogP contribution is 2.31. The highest BCUT2D eigenvalue weighted by atomic mass is 127. The van der Waals surface area contributed by atoms with Crippen molar-refractivity contribution in [3.05, 3.63) is 9.15 Å². The maximum absolute atomic E-state index is 10.9. The molecule has 1 aliphatic carbocycles. The van der Waals surface area contributed by atoms with Crippen LogP contribution in [0.4, 0.5) is 0 Å². The largest absolute Gasteiger partial charge is 0.294 e. The summed E-state index contributed by atoms with van der Waals surface area (Å²) in [6.45, 7) is 4.14. The highest BCUT2D eigenvalue weighted by molar-refractivity contribution is 14.1. The Morgan fingerprint density at radius 1 is 1.67 bits per heavy atom. The molecule has 0 N–H and O–H groups in total. The molecule has 0 amide bonds. The number of allylic oxidation sites excluding steroid dienone is 2. The summed E-state index contributed by atoms with van der Waals surface area (Å²) in [5.41, 5.74) is 1.26. The second-order valence-electron chi connectivity index (χ2n) is 2.53. The van der Waals surface area contributed by atoms with Crippen LogP contribution in [0, 0.1) is 5.92 Å². The second-order valence-corrected chi connectivity index (χ2v) is 3.60. The minimum absolute atomic E-state index is 0.320. The van der Waals surface area contributed by atoms with E-state index in [9.17, 15) is 4.79 Å². The van der Waals surface area contributed by atoms with Gasteiger partial charge in [-0.1, -0.05) is 12.5 Å². The van der Waals surface area contributed by atoms with Crippen LogP contribution < -0.4 is 0 Å². The van der Waals surface area contributed by atoms with Gasteiger partial charge in [0.05, 0.1) is 3.58 Å². The van der Waals surface area contributed by atoms with E-state index < -0.39 is 0 Å². The number of halogens is 1. The van der Waals surface area contributed by atoms with Crippen LogP contribution in [0.15, 0.2) is 9.15 Å². The number of Topliss-reactive ketones (excluding diaryl/α,β-unsaturated/α-hetero) is 1. The van der Waals surface area contributed by atoms with Gasteiger partial charge in [-0.2, -0.15) is 0 Å². The van der Waals surface area contributed by atoms with E-state index in [1.165, 1.54) is 5.57 Å². The highest BCUT2D eigenvalue weighted by Gasteiger charge is 2.23. The monoisotopic (exact) mass is 236 g/mol. The quantitative estimate of drug-likeness (QED) is 0.590. The maximum Gasteiger partial charge on any atom is 0.169 e. The lowest BCUT2D eigenvalue weighted by molar-refractivity contribution is -0.114. The minimum atomic E-state index is 0.320. The van der Waals surface area contributed by atoms with Gasteiger partial charge in [0.2, 0.25) is 0 Å². The van der Waals surface area contributed by atoms with Crippen molar-refractivity contribution in [3.63, 3.8) is 0 Å². The van der Waals surface area contributed by atoms with Gasteiger partial charge in [0.25, 0.3) is 0 Å². The Morgan fingerprint density at radius 2 is 2.22 bits per heavy atom. The number of hydrogen-bond donors (Lipinski definition) is 0. The zero-order valence-electron chi connectivity index (χ0n) is 5.57. The molecule has 0 spiro atoms. The molecule has 2 heteroatoms. The number of carbonyl (C=O) groups is 1. The molecule has 1 rings (SSSR count). The lowest BCUT2D eigenvalue weighted by Crippen LogP contribution is -1.92. The Bertz CT molecular complexity index is 181. The average Bonchev–Trinajstić information content (AvgIpc) is 1.98. The minimum Gasteiger partial charge on any atom is -0.294 e. The van der Waals surface area contributed by atoms with Crippen LogP contribution in [0.3, 0.4) is 0 Å². The van der Waals surface area contributed by atoms with Crippen LogP contribution in [-0.4, -0.2) is 5.78 Å². The molecule has 0 unspecified atom stereocenters.